The van der Waals surface area contributed by atoms with Crippen molar-refractivity contribution < 1.29 is 53.1 Å². The van der Waals surface area contributed by atoms with Gasteiger partial charge in [-0.15, -0.1) is 0 Å². The van der Waals surface area contributed by atoms with Gasteiger partial charge in [-0.1, -0.05) is 20.8 Å². The zero-order valence-corrected chi connectivity index (χ0v) is 18.8. The van der Waals surface area contributed by atoms with Crippen LogP contribution in [0.3, 0.4) is 0 Å². The topological polar surface area (TPSA) is 155 Å². The third-order valence-electron chi connectivity index (χ3n) is 3.81. The van der Waals surface area contributed by atoms with Crippen molar-refractivity contribution in [2.24, 2.45) is 0 Å². The number of hydrogen-bond donors (Lipinski definition) is 2. The summed E-state index contributed by atoms with van der Waals surface area (Å²) in [6.07, 6.45) is -1.46. The summed E-state index contributed by atoms with van der Waals surface area (Å²) in [6.45, 7) is 8.68. The van der Waals surface area contributed by atoms with Gasteiger partial charge in [-0.2, -0.15) is 0 Å². The molecule has 0 heterocycles. The molecule has 0 aromatic rings. The quantitative estimate of drug-likeness (QED) is 0.200. The molecule has 0 aromatic carbocycles. The Hall–Kier alpha value is -2.08. The van der Waals surface area contributed by atoms with Gasteiger partial charge in [0.15, 0.2) is 5.60 Å². The number of carboxylic acids is 1. The molecule has 11 nitrogen and oxygen atoms in total. The van der Waals surface area contributed by atoms with Crippen molar-refractivity contribution in [2.45, 2.75) is 84.4 Å². The highest BCUT2D eigenvalue weighted by atomic mass is 16.8. The van der Waals surface area contributed by atoms with E-state index < -0.39 is 54.4 Å². The molecule has 0 fully saturated rings. The predicted octanol–water partition coefficient (Wildman–Crippen LogP) is 1.54. The SMILES string of the molecule is CCCOC(OCCC)C(C)(OCCC)OC(=O)CC(O)(CC(=O)OC(C)=O)C(=O)O. The Kier molecular flexibility index (Phi) is 13.1. The first-order valence-corrected chi connectivity index (χ1v) is 10.2. The van der Waals surface area contributed by atoms with E-state index in [4.69, 9.17) is 18.9 Å². The van der Waals surface area contributed by atoms with Gasteiger partial charge in [0, 0.05) is 27.1 Å². The third kappa shape index (κ3) is 10.7. The van der Waals surface area contributed by atoms with Crippen molar-refractivity contribution in [2.75, 3.05) is 19.8 Å². The van der Waals surface area contributed by atoms with E-state index >= 15 is 0 Å². The van der Waals surface area contributed by atoms with Crippen LogP contribution in [-0.2, 0) is 42.9 Å². The molecular formula is C20H34O11. The highest BCUT2D eigenvalue weighted by Crippen LogP contribution is 2.26. The van der Waals surface area contributed by atoms with Gasteiger partial charge in [0.2, 0.25) is 6.29 Å². The summed E-state index contributed by atoms with van der Waals surface area (Å²) in [5, 5.41) is 19.6. The molecule has 0 rings (SSSR count). The number of carbonyl (C=O) groups excluding carboxylic acids is 3. The van der Waals surface area contributed by atoms with E-state index in [1.807, 2.05) is 20.8 Å². The van der Waals surface area contributed by atoms with Gasteiger partial charge in [-0.05, 0) is 19.3 Å². The largest absolute Gasteiger partial charge is 0.479 e. The van der Waals surface area contributed by atoms with Crippen LogP contribution in [0.4, 0.5) is 0 Å². The number of aliphatic carboxylic acids is 1. The van der Waals surface area contributed by atoms with Crippen LogP contribution in [0, 0.1) is 0 Å². The van der Waals surface area contributed by atoms with Gasteiger partial charge in [0.05, 0.1) is 19.4 Å². The second-order valence-electron chi connectivity index (χ2n) is 7.07. The van der Waals surface area contributed by atoms with E-state index in [0.29, 0.717) is 19.3 Å². The molecule has 0 radical (unpaired) electrons. The zero-order valence-electron chi connectivity index (χ0n) is 18.8. The van der Waals surface area contributed by atoms with E-state index in [9.17, 15) is 29.4 Å². The molecule has 31 heavy (non-hydrogen) atoms. The van der Waals surface area contributed by atoms with Crippen LogP contribution < -0.4 is 0 Å². The van der Waals surface area contributed by atoms with Crippen molar-refractivity contribution in [1.82, 2.24) is 0 Å². The Labute approximate surface area is 181 Å². The Balaban J connectivity index is 5.55. The summed E-state index contributed by atoms with van der Waals surface area (Å²) >= 11 is 0. The van der Waals surface area contributed by atoms with Crippen LogP contribution in [0.15, 0.2) is 0 Å². The molecule has 2 N–H and O–H groups in total. The summed E-state index contributed by atoms with van der Waals surface area (Å²) in [5.41, 5.74) is -2.85. The lowest BCUT2D eigenvalue weighted by Crippen LogP contribution is -2.51. The summed E-state index contributed by atoms with van der Waals surface area (Å²) < 4.78 is 26.5. The zero-order chi connectivity index (χ0) is 24.1. The second-order valence-corrected chi connectivity index (χ2v) is 7.07. The molecule has 0 amide bonds. The third-order valence-corrected chi connectivity index (χ3v) is 3.81. The first kappa shape index (κ1) is 28.9. The minimum atomic E-state index is -2.85. The minimum Gasteiger partial charge on any atom is -0.479 e. The smallest absolute Gasteiger partial charge is 0.336 e. The highest BCUT2D eigenvalue weighted by Gasteiger charge is 2.46. The van der Waals surface area contributed by atoms with Crippen LogP contribution >= 0.6 is 0 Å². The van der Waals surface area contributed by atoms with Gasteiger partial charge in [0.25, 0.3) is 5.79 Å². The summed E-state index contributed by atoms with van der Waals surface area (Å²) in [5.74, 6) is -7.06. The maximum Gasteiger partial charge on any atom is 0.336 e. The van der Waals surface area contributed by atoms with Crippen molar-refractivity contribution >= 4 is 23.9 Å². The van der Waals surface area contributed by atoms with Crippen LogP contribution in [0.2, 0.25) is 0 Å². The van der Waals surface area contributed by atoms with Crippen molar-refractivity contribution in [3.8, 4) is 0 Å². The monoisotopic (exact) mass is 450 g/mol. The Bertz CT molecular complexity index is 598. The van der Waals surface area contributed by atoms with Crippen molar-refractivity contribution in [1.29, 1.82) is 0 Å². The normalized spacial score (nSPS) is 15.1. The average molecular weight is 450 g/mol. The first-order valence-electron chi connectivity index (χ1n) is 10.2. The highest BCUT2D eigenvalue weighted by molar-refractivity contribution is 5.92. The summed E-state index contributed by atoms with van der Waals surface area (Å²) in [4.78, 5) is 46.5. The lowest BCUT2D eigenvalue weighted by atomic mass is 9.96. The van der Waals surface area contributed by atoms with Gasteiger partial charge >= 0.3 is 23.9 Å². The number of aliphatic hydroxyl groups is 1. The van der Waals surface area contributed by atoms with Gasteiger partial charge in [-0.3, -0.25) is 14.4 Å². The molecule has 180 valence electrons. The fourth-order valence-electron chi connectivity index (χ4n) is 2.40. The van der Waals surface area contributed by atoms with Crippen LogP contribution in [0.25, 0.3) is 0 Å². The average Bonchev–Trinajstić information content (AvgIpc) is 2.65. The molecule has 0 spiro atoms. The molecule has 2 unspecified atom stereocenters. The molecule has 0 aliphatic rings. The minimum absolute atomic E-state index is 0.180. The number of hydrogen-bond acceptors (Lipinski definition) is 10. The van der Waals surface area contributed by atoms with E-state index in [0.717, 1.165) is 6.92 Å². The number of carboxylic acid groups (broad SMARTS) is 1. The Morgan fingerprint density at radius 3 is 1.77 bits per heavy atom. The van der Waals surface area contributed by atoms with E-state index in [1.165, 1.54) is 6.92 Å². The molecule has 0 bridgehead atoms. The molecule has 0 saturated heterocycles. The Morgan fingerprint density at radius 1 is 0.871 bits per heavy atom. The van der Waals surface area contributed by atoms with E-state index in [-0.39, 0.29) is 19.8 Å². The molecule has 0 aromatic heterocycles. The molecule has 0 aliphatic heterocycles. The standard InChI is InChI=1S/C20H34O11/c1-6-9-27-18(28-10-7-2)19(5,29-11-8-3)31-16(23)13-20(26,17(24)25)12-15(22)30-14(4)21/h18,26H,6-13H2,1-5H3,(H,24,25). The molecular weight excluding hydrogens is 416 g/mol. The first-order chi connectivity index (χ1) is 14.4. The van der Waals surface area contributed by atoms with Gasteiger partial charge in [-0.25, -0.2) is 4.79 Å². The van der Waals surface area contributed by atoms with E-state index in [1.54, 1.807) is 0 Å². The molecule has 0 aliphatic carbocycles. The predicted molar refractivity (Wildman–Crippen MR) is 106 cm³/mol. The molecule has 0 saturated carbocycles. The van der Waals surface area contributed by atoms with E-state index in [2.05, 4.69) is 4.74 Å². The fourth-order valence-corrected chi connectivity index (χ4v) is 2.40. The molecule has 2 atom stereocenters. The van der Waals surface area contributed by atoms with Crippen LogP contribution in [0.5, 0.6) is 0 Å². The summed E-state index contributed by atoms with van der Waals surface area (Å²) in [6, 6.07) is 0. The van der Waals surface area contributed by atoms with Crippen LogP contribution in [-0.4, -0.2) is 71.6 Å². The maximum absolute atomic E-state index is 12.5. The number of ether oxygens (including phenoxy) is 5. The number of carbonyl (C=O) groups is 4. The Morgan fingerprint density at radius 2 is 1.35 bits per heavy atom. The fraction of sp³-hybridized carbons (Fsp3) is 0.800. The lowest BCUT2D eigenvalue weighted by molar-refractivity contribution is -0.333. The second kappa shape index (κ2) is 14.1. The lowest BCUT2D eigenvalue weighted by Gasteiger charge is -2.36. The number of rotatable bonds is 16. The number of esters is 3. The van der Waals surface area contributed by atoms with Gasteiger partial charge in [0.1, 0.15) is 0 Å². The van der Waals surface area contributed by atoms with Crippen LogP contribution in [0.1, 0.15) is 66.7 Å². The summed E-state index contributed by atoms with van der Waals surface area (Å²) in [7, 11) is 0. The van der Waals surface area contributed by atoms with Crippen molar-refractivity contribution in [3.63, 3.8) is 0 Å². The molecule has 11 heteroatoms. The van der Waals surface area contributed by atoms with Crippen molar-refractivity contribution in [3.05, 3.63) is 0 Å². The maximum atomic E-state index is 12.5. The van der Waals surface area contributed by atoms with Gasteiger partial charge < -0.3 is 33.9 Å².